The molecule has 1 aromatic rings. The maximum Gasteiger partial charge on any atom is 0.345 e. The molecule has 0 amide bonds. The Hall–Kier alpha value is -1.80. The van der Waals surface area contributed by atoms with Crippen LogP contribution in [0.2, 0.25) is 0 Å². The summed E-state index contributed by atoms with van der Waals surface area (Å²) in [6.07, 6.45) is 0.775. The monoisotopic (exact) mass is 254 g/mol. The van der Waals surface area contributed by atoms with Crippen LogP contribution in [0, 0.1) is 0 Å². The second-order valence-corrected chi connectivity index (χ2v) is 3.52. The molecule has 5 nitrogen and oxygen atoms in total. The van der Waals surface area contributed by atoms with Gasteiger partial charge in [0.1, 0.15) is 12.1 Å². The Morgan fingerprint density at radius 2 is 2.06 bits per heavy atom. The number of carboxylic acid groups (broad SMARTS) is 1. The summed E-state index contributed by atoms with van der Waals surface area (Å²) >= 11 is 0. The first-order valence-electron chi connectivity index (χ1n) is 4.42. The van der Waals surface area contributed by atoms with Crippen LogP contribution in [0.1, 0.15) is 10.4 Å². The molecule has 0 fully saturated rings. The van der Waals surface area contributed by atoms with Gasteiger partial charge in [-0.1, -0.05) is 0 Å². The molecule has 1 aliphatic heterocycles. The molecule has 0 atom stereocenters. The van der Waals surface area contributed by atoms with Gasteiger partial charge in [0.05, 0.1) is 6.20 Å². The van der Waals surface area contributed by atoms with Gasteiger partial charge in [-0.25, -0.2) is 9.48 Å². The molecule has 17 heavy (non-hydrogen) atoms. The third-order valence-corrected chi connectivity index (χ3v) is 2.30. The third kappa shape index (κ3) is 1.71. The predicted molar refractivity (Wildman–Crippen MR) is 44.6 cm³/mol. The molecule has 0 spiro atoms. The number of carboxylic acids is 1. The zero-order chi connectivity index (χ0) is 12.8. The summed E-state index contributed by atoms with van der Waals surface area (Å²) in [4.78, 5) is 10.7. The number of aromatic nitrogens is 2. The van der Waals surface area contributed by atoms with Crippen LogP contribution >= 0.6 is 0 Å². The SMILES string of the molecule is O=C(O)c1cnn2c1OCC(F)(F)C(F)(F)C2. The highest BCUT2D eigenvalue weighted by molar-refractivity contribution is 5.90. The van der Waals surface area contributed by atoms with Crippen molar-refractivity contribution in [1.82, 2.24) is 9.78 Å². The Morgan fingerprint density at radius 3 is 2.65 bits per heavy atom. The van der Waals surface area contributed by atoms with E-state index in [1.807, 2.05) is 0 Å². The maximum absolute atomic E-state index is 13.1. The minimum Gasteiger partial charge on any atom is -0.477 e. The fourth-order valence-corrected chi connectivity index (χ4v) is 1.35. The van der Waals surface area contributed by atoms with E-state index < -0.39 is 42.4 Å². The molecule has 0 saturated heterocycles. The van der Waals surface area contributed by atoms with Crippen molar-refractivity contribution in [1.29, 1.82) is 0 Å². The lowest BCUT2D eigenvalue weighted by Gasteiger charge is -2.22. The molecule has 2 rings (SSSR count). The average Bonchev–Trinajstić information content (AvgIpc) is 2.53. The van der Waals surface area contributed by atoms with Crippen molar-refractivity contribution >= 4 is 5.97 Å². The van der Waals surface area contributed by atoms with E-state index in [0.29, 0.717) is 4.68 Å². The topological polar surface area (TPSA) is 64.3 Å². The van der Waals surface area contributed by atoms with Crippen molar-refractivity contribution in [2.45, 2.75) is 18.4 Å². The first-order chi connectivity index (χ1) is 7.74. The maximum atomic E-state index is 13.1. The molecule has 0 radical (unpaired) electrons. The largest absolute Gasteiger partial charge is 0.477 e. The van der Waals surface area contributed by atoms with Crippen LogP contribution in [0.3, 0.4) is 0 Å². The van der Waals surface area contributed by atoms with Crippen LogP contribution in [-0.2, 0) is 6.54 Å². The lowest BCUT2D eigenvalue weighted by molar-refractivity contribution is -0.221. The summed E-state index contributed by atoms with van der Waals surface area (Å²) in [5.74, 6) is -10.8. The highest BCUT2D eigenvalue weighted by Gasteiger charge is 2.59. The van der Waals surface area contributed by atoms with E-state index in [-0.39, 0.29) is 0 Å². The van der Waals surface area contributed by atoms with Crippen molar-refractivity contribution in [3.05, 3.63) is 11.8 Å². The number of ether oxygens (including phenoxy) is 1. The molecule has 1 aliphatic rings. The van der Waals surface area contributed by atoms with Crippen LogP contribution in [0.5, 0.6) is 5.88 Å². The smallest absolute Gasteiger partial charge is 0.345 e. The summed E-state index contributed by atoms with van der Waals surface area (Å²) in [6, 6.07) is 0. The second-order valence-electron chi connectivity index (χ2n) is 3.52. The molecular formula is C8H6F4N2O3. The Labute approximate surface area is 91.6 Å². The van der Waals surface area contributed by atoms with Crippen molar-refractivity contribution < 1.29 is 32.2 Å². The van der Waals surface area contributed by atoms with Crippen LogP contribution in [-0.4, -0.2) is 39.3 Å². The summed E-state index contributed by atoms with van der Waals surface area (Å²) in [5.41, 5.74) is -0.529. The van der Waals surface area contributed by atoms with Gasteiger partial charge >= 0.3 is 17.8 Å². The van der Waals surface area contributed by atoms with Gasteiger partial charge in [-0.2, -0.15) is 22.7 Å². The number of hydrogen-bond acceptors (Lipinski definition) is 3. The number of nitrogens with zero attached hydrogens (tertiary/aromatic N) is 2. The molecule has 0 bridgehead atoms. The standard InChI is InChI=1S/C8H6F4N2O3/c9-7(10)2-14-5(17-3-8(7,11)12)4(1-13-14)6(15)16/h1H,2-3H2,(H,15,16). The van der Waals surface area contributed by atoms with Crippen LogP contribution in [0.4, 0.5) is 17.6 Å². The highest BCUT2D eigenvalue weighted by atomic mass is 19.3. The summed E-state index contributed by atoms with van der Waals surface area (Å²) in [5, 5.41) is 12.0. The Balaban J connectivity index is 2.45. The fourth-order valence-electron chi connectivity index (χ4n) is 1.35. The number of fused-ring (bicyclic) bond motifs is 1. The lowest BCUT2D eigenvalue weighted by atomic mass is 10.2. The zero-order valence-electron chi connectivity index (χ0n) is 8.16. The summed E-state index contributed by atoms with van der Waals surface area (Å²) in [7, 11) is 0. The zero-order valence-corrected chi connectivity index (χ0v) is 8.16. The first kappa shape index (κ1) is 11.7. The van der Waals surface area contributed by atoms with Crippen molar-refractivity contribution in [3.8, 4) is 5.88 Å². The van der Waals surface area contributed by atoms with E-state index in [0.717, 1.165) is 6.20 Å². The minimum absolute atomic E-state index is 0.421. The number of halogens is 4. The Morgan fingerprint density at radius 1 is 1.41 bits per heavy atom. The first-order valence-corrected chi connectivity index (χ1v) is 4.42. The van der Waals surface area contributed by atoms with Crippen LogP contribution < -0.4 is 4.74 Å². The van der Waals surface area contributed by atoms with Crippen molar-refractivity contribution in [3.63, 3.8) is 0 Å². The van der Waals surface area contributed by atoms with Gasteiger partial charge in [0, 0.05) is 0 Å². The number of rotatable bonds is 1. The van der Waals surface area contributed by atoms with Gasteiger partial charge in [-0.15, -0.1) is 0 Å². The van der Waals surface area contributed by atoms with Gasteiger partial charge in [0.2, 0.25) is 5.88 Å². The van der Waals surface area contributed by atoms with E-state index in [1.54, 1.807) is 0 Å². The van der Waals surface area contributed by atoms with Crippen molar-refractivity contribution in [2.24, 2.45) is 0 Å². The molecule has 2 heterocycles. The quantitative estimate of drug-likeness (QED) is 0.766. The second kappa shape index (κ2) is 3.34. The molecular weight excluding hydrogens is 248 g/mol. The molecule has 0 aromatic carbocycles. The van der Waals surface area contributed by atoms with Crippen LogP contribution in [0.15, 0.2) is 6.20 Å². The summed E-state index contributed by atoms with van der Waals surface area (Å²) in [6.45, 7) is -3.02. The van der Waals surface area contributed by atoms with E-state index in [1.165, 1.54) is 0 Å². The van der Waals surface area contributed by atoms with Crippen LogP contribution in [0.25, 0.3) is 0 Å². The summed E-state index contributed by atoms with van der Waals surface area (Å²) < 4.78 is 56.9. The van der Waals surface area contributed by atoms with Gasteiger partial charge in [0.25, 0.3) is 0 Å². The van der Waals surface area contributed by atoms with Gasteiger partial charge in [0.15, 0.2) is 6.61 Å². The molecule has 9 heteroatoms. The molecule has 94 valence electrons. The molecule has 0 saturated carbocycles. The van der Waals surface area contributed by atoms with Gasteiger partial charge < -0.3 is 9.84 Å². The van der Waals surface area contributed by atoms with Gasteiger partial charge in [-0.3, -0.25) is 0 Å². The van der Waals surface area contributed by atoms with E-state index >= 15 is 0 Å². The number of alkyl halides is 4. The Bertz CT molecular complexity index is 471. The fraction of sp³-hybridized carbons (Fsp3) is 0.500. The van der Waals surface area contributed by atoms with E-state index in [9.17, 15) is 22.4 Å². The molecule has 1 aromatic heterocycles. The van der Waals surface area contributed by atoms with Crippen molar-refractivity contribution in [2.75, 3.05) is 6.61 Å². The predicted octanol–water partition coefficient (Wildman–Crippen LogP) is 1.24. The number of hydrogen-bond donors (Lipinski definition) is 1. The van der Waals surface area contributed by atoms with E-state index in [4.69, 9.17) is 5.11 Å². The van der Waals surface area contributed by atoms with Gasteiger partial charge in [-0.05, 0) is 0 Å². The third-order valence-electron chi connectivity index (χ3n) is 2.30. The Kier molecular flexibility index (Phi) is 2.30. The molecule has 0 aliphatic carbocycles. The molecule has 1 N–H and O–H groups in total. The van der Waals surface area contributed by atoms with E-state index in [2.05, 4.69) is 9.84 Å². The highest BCUT2D eigenvalue weighted by Crippen LogP contribution is 2.39. The average molecular weight is 254 g/mol. The lowest BCUT2D eigenvalue weighted by Crippen LogP contribution is -2.46. The molecule has 0 unspecified atom stereocenters. The number of aromatic carboxylic acids is 1. The normalized spacial score (nSPS) is 21.2. The minimum atomic E-state index is -4.37. The number of carbonyl (C=O) groups is 1.